The number of imide groups is 1. The van der Waals surface area contributed by atoms with E-state index in [1.165, 1.54) is 19.1 Å². The van der Waals surface area contributed by atoms with Crippen molar-refractivity contribution in [2.75, 3.05) is 25.7 Å². The van der Waals surface area contributed by atoms with Crippen molar-refractivity contribution in [3.8, 4) is 5.88 Å². The minimum Gasteiger partial charge on any atom is -0.480 e. The molecule has 0 bridgehead atoms. The fraction of sp³-hybridized carbons (Fsp3) is 0.217. The van der Waals surface area contributed by atoms with Gasteiger partial charge in [0.2, 0.25) is 5.88 Å². The minimum atomic E-state index is -0.591. The lowest BCUT2D eigenvalue weighted by atomic mass is 10.1. The Morgan fingerprint density at radius 3 is 2.50 bits per heavy atom. The van der Waals surface area contributed by atoms with E-state index in [9.17, 15) is 14.4 Å². The second-order valence-electron chi connectivity index (χ2n) is 7.38. The fourth-order valence-electron chi connectivity index (χ4n) is 3.66. The van der Waals surface area contributed by atoms with Crippen LogP contribution >= 0.6 is 11.6 Å². The summed E-state index contributed by atoms with van der Waals surface area (Å²) >= 11 is 6.30. The fourth-order valence-corrected chi connectivity index (χ4v) is 3.91. The van der Waals surface area contributed by atoms with Crippen LogP contribution < -0.4 is 9.64 Å². The Morgan fingerprint density at radius 1 is 1.12 bits per heavy atom. The normalized spacial score (nSPS) is 13.8. The molecule has 1 fully saturated rings. The number of esters is 1. The van der Waals surface area contributed by atoms with E-state index in [1.807, 2.05) is 19.1 Å². The number of hydrogen-bond acceptors (Lipinski definition) is 6. The van der Waals surface area contributed by atoms with E-state index in [2.05, 4.69) is 4.98 Å². The van der Waals surface area contributed by atoms with Gasteiger partial charge in [-0.25, -0.2) is 19.5 Å². The van der Waals surface area contributed by atoms with Gasteiger partial charge < -0.3 is 14.4 Å². The molecule has 1 aliphatic heterocycles. The van der Waals surface area contributed by atoms with E-state index < -0.39 is 12.0 Å². The molecule has 164 valence electrons. The molecule has 4 rings (SSSR count). The first kappa shape index (κ1) is 21.6. The molecule has 32 heavy (non-hydrogen) atoms. The van der Waals surface area contributed by atoms with E-state index in [-0.39, 0.29) is 30.4 Å². The number of fused-ring (bicyclic) bond motifs is 1. The maximum absolute atomic E-state index is 13.0. The van der Waals surface area contributed by atoms with E-state index in [1.54, 1.807) is 30.3 Å². The van der Waals surface area contributed by atoms with E-state index in [0.29, 0.717) is 27.2 Å². The molecule has 1 aliphatic rings. The first-order valence-electron chi connectivity index (χ1n) is 9.76. The highest BCUT2D eigenvalue weighted by Gasteiger charge is 2.37. The summed E-state index contributed by atoms with van der Waals surface area (Å²) in [7, 11) is 2.67. The number of rotatable bonds is 5. The number of urea groups is 1. The van der Waals surface area contributed by atoms with E-state index in [0.717, 1.165) is 10.5 Å². The third-order valence-electron chi connectivity index (χ3n) is 5.22. The lowest BCUT2D eigenvalue weighted by Crippen LogP contribution is -2.32. The Bertz CT molecular complexity index is 1240. The lowest BCUT2D eigenvalue weighted by molar-refractivity contribution is -0.116. The zero-order valence-electron chi connectivity index (χ0n) is 17.7. The van der Waals surface area contributed by atoms with Gasteiger partial charge in [0, 0.05) is 10.4 Å². The molecule has 0 radical (unpaired) electrons. The molecule has 0 unspecified atom stereocenters. The topological polar surface area (TPSA) is 89.0 Å². The number of nitrogens with zero attached hydrogens (tertiary/aromatic N) is 3. The van der Waals surface area contributed by atoms with Crippen molar-refractivity contribution in [1.29, 1.82) is 0 Å². The van der Waals surface area contributed by atoms with Gasteiger partial charge in [0.1, 0.15) is 12.1 Å². The Labute approximate surface area is 189 Å². The van der Waals surface area contributed by atoms with Crippen LogP contribution in [0.5, 0.6) is 5.88 Å². The van der Waals surface area contributed by atoms with Gasteiger partial charge in [-0.15, -0.1) is 0 Å². The number of hydrogen-bond donors (Lipinski definition) is 0. The summed E-state index contributed by atoms with van der Waals surface area (Å²) in [6.07, 6.45) is 0. The standard InChI is InChI=1S/C23H20ClN3O5/c1-13-4-6-17(7-5-13)27-19(28)12-26(23(27)30)11-15-9-16(24)8-14-10-18(22(29)32-3)21(31-2)25-20(14)15/h4-10H,11-12H2,1-3H3. The number of aryl methyl sites for hydroxylation is 1. The Morgan fingerprint density at radius 2 is 1.84 bits per heavy atom. The molecule has 0 saturated carbocycles. The van der Waals surface area contributed by atoms with Crippen LogP contribution in [0.4, 0.5) is 10.5 Å². The molecular formula is C23H20ClN3O5. The smallest absolute Gasteiger partial charge is 0.343 e. The third kappa shape index (κ3) is 3.85. The second-order valence-corrected chi connectivity index (χ2v) is 7.81. The van der Waals surface area contributed by atoms with Gasteiger partial charge in [-0.05, 0) is 42.8 Å². The number of benzene rings is 2. The molecule has 0 aliphatic carbocycles. The molecule has 1 saturated heterocycles. The average molecular weight is 454 g/mol. The highest BCUT2D eigenvalue weighted by Crippen LogP contribution is 2.30. The molecular weight excluding hydrogens is 434 g/mol. The largest absolute Gasteiger partial charge is 0.480 e. The predicted octanol–water partition coefficient (Wildman–Crippen LogP) is 3.96. The van der Waals surface area contributed by atoms with Gasteiger partial charge in [0.25, 0.3) is 5.91 Å². The number of halogens is 1. The molecule has 8 nitrogen and oxygen atoms in total. The molecule has 3 amide bonds. The Kier molecular flexibility index (Phi) is 5.71. The molecule has 0 spiro atoms. The average Bonchev–Trinajstić information content (AvgIpc) is 3.05. The van der Waals surface area contributed by atoms with E-state index in [4.69, 9.17) is 21.1 Å². The van der Waals surface area contributed by atoms with Crippen molar-refractivity contribution in [2.45, 2.75) is 13.5 Å². The van der Waals surface area contributed by atoms with Crippen molar-refractivity contribution >= 4 is 46.1 Å². The van der Waals surface area contributed by atoms with Crippen molar-refractivity contribution in [3.05, 3.63) is 64.2 Å². The van der Waals surface area contributed by atoms with Crippen LogP contribution in [0.25, 0.3) is 10.9 Å². The highest BCUT2D eigenvalue weighted by molar-refractivity contribution is 6.31. The maximum atomic E-state index is 13.0. The number of anilines is 1. The van der Waals surface area contributed by atoms with Crippen LogP contribution in [-0.4, -0.2) is 48.6 Å². The Hall–Kier alpha value is -3.65. The molecule has 2 aromatic carbocycles. The number of aromatic nitrogens is 1. The first-order valence-corrected chi connectivity index (χ1v) is 10.1. The number of methoxy groups -OCH3 is 2. The number of carbonyl (C=O) groups is 3. The van der Waals surface area contributed by atoms with Crippen LogP contribution in [0.3, 0.4) is 0 Å². The van der Waals surface area contributed by atoms with Crippen molar-refractivity contribution < 1.29 is 23.9 Å². The van der Waals surface area contributed by atoms with Crippen molar-refractivity contribution in [1.82, 2.24) is 9.88 Å². The number of ether oxygens (including phenoxy) is 2. The van der Waals surface area contributed by atoms with Gasteiger partial charge in [-0.3, -0.25) is 4.79 Å². The van der Waals surface area contributed by atoms with Gasteiger partial charge in [0.15, 0.2) is 0 Å². The second kappa shape index (κ2) is 8.47. The lowest BCUT2D eigenvalue weighted by Gasteiger charge is -2.18. The quantitative estimate of drug-likeness (QED) is 0.429. The van der Waals surface area contributed by atoms with Crippen LogP contribution in [0.1, 0.15) is 21.5 Å². The summed E-state index contributed by atoms with van der Waals surface area (Å²) < 4.78 is 10.1. The molecule has 0 atom stereocenters. The highest BCUT2D eigenvalue weighted by atomic mass is 35.5. The summed E-state index contributed by atoms with van der Waals surface area (Å²) in [5.41, 5.74) is 2.84. The predicted molar refractivity (Wildman–Crippen MR) is 119 cm³/mol. The van der Waals surface area contributed by atoms with Crippen LogP contribution in [0.2, 0.25) is 5.02 Å². The minimum absolute atomic E-state index is 0.0713. The van der Waals surface area contributed by atoms with Crippen LogP contribution in [0.15, 0.2) is 42.5 Å². The summed E-state index contributed by atoms with van der Waals surface area (Å²) in [5.74, 6) is -0.812. The number of pyridine rings is 1. The van der Waals surface area contributed by atoms with Crippen LogP contribution in [-0.2, 0) is 16.1 Å². The summed E-state index contributed by atoms with van der Waals surface area (Å²) in [6.45, 7) is 1.97. The van der Waals surface area contributed by atoms with Crippen molar-refractivity contribution in [2.24, 2.45) is 0 Å². The third-order valence-corrected chi connectivity index (χ3v) is 5.43. The number of carbonyl (C=O) groups excluding carboxylic acids is 3. The molecule has 1 aromatic heterocycles. The Balaban J connectivity index is 1.71. The van der Waals surface area contributed by atoms with Gasteiger partial charge in [-0.1, -0.05) is 29.3 Å². The molecule has 2 heterocycles. The van der Waals surface area contributed by atoms with Gasteiger partial charge >= 0.3 is 12.0 Å². The summed E-state index contributed by atoms with van der Waals surface area (Å²) in [4.78, 5) is 44.8. The molecule has 0 N–H and O–H groups in total. The zero-order valence-corrected chi connectivity index (χ0v) is 18.5. The van der Waals surface area contributed by atoms with E-state index >= 15 is 0 Å². The first-order chi connectivity index (χ1) is 15.3. The zero-order chi connectivity index (χ0) is 23.0. The van der Waals surface area contributed by atoms with Crippen LogP contribution in [0, 0.1) is 6.92 Å². The molecule has 3 aromatic rings. The SMILES string of the molecule is COC(=O)c1cc2cc(Cl)cc(CN3CC(=O)N(c4ccc(C)cc4)C3=O)c2nc1OC. The van der Waals surface area contributed by atoms with Crippen molar-refractivity contribution in [3.63, 3.8) is 0 Å². The monoisotopic (exact) mass is 453 g/mol. The summed E-state index contributed by atoms with van der Waals surface area (Å²) in [5, 5.41) is 0.991. The summed E-state index contributed by atoms with van der Waals surface area (Å²) in [6, 6.07) is 11.7. The maximum Gasteiger partial charge on any atom is 0.343 e. The molecule has 9 heteroatoms. The number of amides is 3. The van der Waals surface area contributed by atoms with Gasteiger partial charge in [0.05, 0.1) is 32.0 Å². The van der Waals surface area contributed by atoms with Gasteiger partial charge in [-0.2, -0.15) is 0 Å².